The van der Waals surface area contributed by atoms with Crippen molar-refractivity contribution in [3.05, 3.63) is 46.2 Å². The molecule has 1 aromatic carbocycles. The van der Waals surface area contributed by atoms with Crippen LogP contribution >= 0.6 is 35.3 Å². The maximum Gasteiger partial charge on any atom is 0.191 e. The predicted molar refractivity (Wildman–Crippen MR) is 110 cm³/mol. The van der Waals surface area contributed by atoms with E-state index < -0.39 is 0 Å². The third kappa shape index (κ3) is 6.13. The number of nitrogens with one attached hydrogen (secondary N) is 2. The van der Waals surface area contributed by atoms with Crippen LogP contribution < -0.4 is 15.5 Å². The lowest BCUT2D eigenvalue weighted by Crippen LogP contribution is -2.36. The monoisotopic (exact) mass is 474 g/mol. The maximum atomic E-state index is 13.8. The van der Waals surface area contributed by atoms with Gasteiger partial charge in [0.2, 0.25) is 0 Å². The second-order valence-electron chi connectivity index (χ2n) is 5.21. The number of aromatic nitrogens is 1. The first-order valence-electron chi connectivity index (χ1n) is 7.28. The van der Waals surface area contributed by atoms with Gasteiger partial charge in [-0.25, -0.2) is 9.37 Å². The lowest BCUT2D eigenvalue weighted by atomic mass is 10.1. The van der Waals surface area contributed by atoms with Crippen LogP contribution in [0.3, 0.4) is 0 Å². The molecule has 0 saturated heterocycles. The number of nitriles is 1. The summed E-state index contributed by atoms with van der Waals surface area (Å²) in [6.45, 7) is 0.756. The van der Waals surface area contributed by atoms with E-state index in [-0.39, 0.29) is 36.3 Å². The van der Waals surface area contributed by atoms with Gasteiger partial charge in [-0.1, -0.05) is 0 Å². The Morgan fingerprint density at radius 3 is 2.68 bits per heavy atom. The topological polar surface area (TPSA) is 76.3 Å². The number of thiazole rings is 1. The Morgan fingerprint density at radius 1 is 1.36 bits per heavy atom. The van der Waals surface area contributed by atoms with Crippen molar-refractivity contribution in [2.75, 3.05) is 26.0 Å². The maximum absolute atomic E-state index is 13.8. The van der Waals surface area contributed by atoms with Crippen LogP contribution in [0.5, 0.6) is 0 Å². The van der Waals surface area contributed by atoms with E-state index in [9.17, 15) is 4.39 Å². The highest BCUT2D eigenvalue weighted by molar-refractivity contribution is 14.0. The van der Waals surface area contributed by atoms with E-state index in [0.717, 1.165) is 10.8 Å². The van der Waals surface area contributed by atoms with Crippen LogP contribution in [0.2, 0.25) is 0 Å². The highest BCUT2D eigenvalue weighted by atomic mass is 127. The van der Waals surface area contributed by atoms with Gasteiger partial charge in [-0.3, -0.25) is 4.99 Å². The molecule has 0 bridgehead atoms. The number of hydrogen-bond acceptors (Lipinski definition) is 5. The third-order valence-corrected chi connectivity index (χ3v) is 4.26. The van der Waals surface area contributed by atoms with Crippen molar-refractivity contribution < 1.29 is 4.39 Å². The number of guanidine groups is 1. The Bertz CT molecular complexity index is 768. The first kappa shape index (κ1) is 21.1. The number of nitrogens with zero attached hydrogens (tertiary/aromatic N) is 4. The lowest BCUT2D eigenvalue weighted by Gasteiger charge is -2.12. The summed E-state index contributed by atoms with van der Waals surface area (Å²) >= 11 is 1.57. The first-order chi connectivity index (χ1) is 11.5. The minimum Gasteiger partial charge on any atom is -0.354 e. The molecule has 2 N–H and O–H groups in total. The molecule has 0 unspecified atom stereocenters. The van der Waals surface area contributed by atoms with Crippen molar-refractivity contribution in [2.24, 2.45) is 4.99 Å². The van der Waals surface area contributed by atoms with Crippen LogP contribution in [0.25, 0.3) is 0 Å². The molecule has 0 atom stereocenters. The van der Waals surface area contributed by atoms with Gasteiger partial charge < -0.3 is 15.5 Å². The number of aliphatic imine (C=N–C) groups is 1. The van der Waals surface area contributed by atoms with Gasteiger partial charge in [-0.2, -0.15) is 5.26 Å². The molecule has 0 spiro atoms. The molecule has 134 valence electrons. The third-order valence-electron chi connectivity index (χ3n) is 3.20. The van der Waals surface area contributed by atoms with Crippen molar-refractivity contribution in [3.63, 3.8) is 0 Å². The normalized spacial score (nSPS) is 10.6. The summed E-state index contributed by atoms with van der Waals surface area (Å²) in [4.78, 5) is 10.5. The second kappa shape index (κ2) is 10.1. The van der Waals surface area contributed by atoms with E-state index >= 15 is 0 Å². The molecule has 2 aromatic rings. The van der Waals surface area contributed by atoms with E-state index in [2.05, 4.69) is 20.6 Å². The van der Waals surface area contributed by atoms with E-state index in [4.69, 9.17) is 5.26 Å². The minimum atomic E-state index is -0.355. The molecule has 0 saturated carbocycles. The molecule has 25 heavy (non-hydrogen) atoms. The molecule has 9 heteroatoms. The van der Waals surface area contributed by atoms with Crippen LogP contribution in [-0.4, -0.2) is 32.1 Å². The molecule has 0 aliphatic carbocycles. The zero-order chi connectivity index (χ0) is 17.5. The predicted octanol–water partition coefficient (Wildman–Crippen LogP) is 2.70. The SMILES string of the molecule is CN=C(NCc1csc(N(C)C)n1)NCc1cc(C#N)ccc1F.I. The van der Waals surface area contributed by atoms with Crippen LogP contribution in [0.4, 0.5) is 9.52 Å². The minimum absolute atomic E-state index is 0. The zero-order valence-corrected chi connectivity index (χ0v) is 17.4. The molecule has 0 amide bonds. The molecule has 0 aliphatic heterocycles. The summed E-state index contributed by atoms with van der Waals surface area (Å²) in [6, 6.07) is 6.28. The number of hydrogen-bond donors (Lipinski definition) is 2. The van der Waals surface area contributed by atoms with Gasteiger partial charge in [-0.15, -0.1) is 35.3 Å². The highest BCUT2D eigenvalue weighted by Gasteiger charge is 2.07. The van der Waals surface area contributed by atoms with Gasteiger partial charge in [-0.05, 0) is 18.2 Å². The second-order valence-corrected chi connectivity index (χ2v) is 6.05. The number of rotatable bonds is 5. The Labute approximate surface area is 167 Å². The molecular weight excluding hydrogens is 454 g/mol. The van der Waals surface area contributed by atoms with E-state index in [0.29, 0.717) is 23.6 Å². The Kier molecular flexibility index (Phi) is 8.57. The fraction of sp³-hybridized carbons (Fsp3) is 0.312. The van der Waals surface area contributed by atoms with Gasteiger partial charge in [0.25, 0.3) is 0 Å². The smallest absolute Gasteiger partial charge is 0.191 e. The summed E-state index contributed by atoms with van der Waals surface area (Å²) in [5, 5.41) is 18.0. The fourth-order valence-corrected chi connectivity index (χ4v) is 2.69. The fourth-order valence-electron chi connectivity index (χ4n) is 1.94. The Balaban J connectivity index is 0.00000312. The molecule has 1 heterocycles. The highest BCUT2D eigenvalue weighted by Crippen LogP contribution is 2.17. The molecule has 1 aromatic heterocycles. The summed E-state index contributed by atoms with van der Waals surface area (Å²) in [6.07, 6.45) is 0. The number of halogens is 2. The van der Waals surface area contributed by atoms with E-state index in [1.165, 1.54) is 18.2 Å². The molecule has 0 fully saturated rings. The first-order valence-corrected chi connectivity index (χ1v) is 8.16. The van der Waals surface area contributed by atoms with Crippen molar-refractivity contribution in [1.29, 1.82) is 5.26 Å². The van der Waals surface area contributed by atoms with Gasteiger partial charge in [0.15, 0.2) is 11.1 Å². The summed E-state index contributed by atoms with van der Waals surface area (Å²) in [5.74, 6) is 0.184. The summed E-state index contributed by atoms with van der Waals surface area (Å²) in [5.41, 5.74) is 1.75. The van der Waals surface area contributed by atoms with Crippen molar-refractivity contribution in [2.45, 2.75) is 13.1 Å². The number of benzene rings is 1. The van der Waals surface area contributed by atoms with Crippen LogP contribution in [-0.2, 0) is 13.1 Å². The van der Waals surface area contributed by atoms with Gasteiger partial charge >= 0.3 is 0 Å². The van der Waals surface area contributed by atoms with Crippen molar-refractivity contribution in [1.82, 2.24) is 15.6 Å². The Morgan fingerprint density at radius 2 is 2.08 bits per heavy atom. The van der Waals surface area contributed by atoms with Gasteiger partial charge in [0.1, 0.15) is 5.82 Å². The quantitative estimate of drug-likeness (QED) is 0.396. The zero-order valence-electron chi connectivity index (χ0n) is 14.2. The molecular formula is C16H20FIN6S. The van der Waals surface area contributed by atoms with Gasteiger partial charge in [0, 0.05) is 38.6 Å². The average molecular weight is 474 g/mol. The average Bonchev–Trinajstić information content (AvgIpc) is 3.05. The van der Waals surface area contributed by atoms with Crippen molar-refractivity contribution >= 4 is 46.4 Å². The standard InChI is InChI=1S/C16H19FN6S.HI/c1-19-15(21-9-13-10-24-16(22-13)23(2)3)20-8-12-6-11(7-18)4-5-14(12)17;/h4-6,10H,8-9H2,1-3H3,(H2,19,20,21);1H. The lowest BCUT2D eigenvalue weighted by molar-refractivity contribution is 0.604. The van der Waals surface area contributed by atoms with Crippen molar-refractivity contribution in [3.8, 4) is 6.07 Å². The number of anilines is 1. The van der Waals surface area contributed by atoms with Gasteiger partial charge in [0.05, 0.1) is 23.9 Å². The molecule has 0 aliphatic rings. The van der Waals surface area contributed by atoms with Crippen LogP contribution in [0.1, 0.15) is 16.8 Å². The molecule has 2 rings (SSSR count). The van der Waals surface area contributed by atoms with E-state index in [1.807, 2.05) is 30.4 Å². The largest absolute Gasteiger partial charge is 0.354 e. The molecule has 6 nitrogen and oxygen atoms in total. The summed E-state index contributed by atoms with van der Waals surface area (Å²) < 4.78 is 13.8. The van der Waals surface area contributed by atoms with E-state index in [1.54, 1.807) is 18.4 Å². The van der Waals surface area contributed by atoms with Crippen LogP contribution in [0.15, 0.2) is 28.6 Å². The summed E-state index contributed by atoms with van der Waals surface area (Å²) in [7, 11) is 5.53. The Hall–Kier alpha value is -1.93. The molecule has 0 radical (unpaired) electrons. The van der Waals surface area contributed by atoms with Crippen LogP contribution in [0, 0.1) is 17.1 Å².